The van der Waals surface area contributed by atoms with Crippen LogP contribution in [0.25, 0.3) is 0 Å². The van der Waals surface area contributed by atoms with Crippen LogP contribution in [0.4, 0.5) is 16.2 Å². The number of nitrogens with zero attached hydrogens (tertiary/aromatic N) is 3. The van der Waals surface area contributed by atoms with Crippen molar-refractivity contribution in [3.8, 4) is 0 Å². The van der Waals surface area contributed by atoms with Crippen molar-refractivity contribution in [1.29, 1.82) is 0 Å². The lowest BCUT2D eigenvalue weighted by molar-refractivity contribution is 0.586. The molecule has 0 aromatic carbocycles. The highest BCUT2D eigenvalue weighted by Crippen LogP contribution is 2.18. The lowest BCUT2D eigenvalue weighted by Crippen LogP contribution is -2.31. The van der Waals surface area contributed by atoms with Crippen molar-refractivity contribution in [3.05, 3.63) is 12.0 Å². The highest BCUT2D eigenvalue weighted by Gasteiger charge is 2.15. The van der Waals surface area contributed by atoms with Crippen molar-refractivity contribution in [3.63, 3.8) is 0 Å². The van der Waals surface area contributed by atoms with Crippen LogP contribution in [0.15, 0.2) is 6.20 Å². The molecule has 4 nitrogen and oxygen atoms in total. The summed E-state index contributed by atoms with van der Waals surface area (Å²) in [5, 5.41) is 0. The maximum Gasteiger partial charge on any atom is 0.222 e. The molecule has 1 heterocycles. The van der Waals surface area contributed by atoms with Gasteiger partial charge in [0.1, 0.15) is 0 Å². The Bertz CT molecular complexity index is 348. The molecule has 0 spiro atoms. The first-order valence-corrected chi connectivity index (χ1v) is 6.45. The smallest absolute Gasteiger partial charge is 0.222 e. The Morgan fingerprint density at radius 2 is 2.31 bits per heavy atom. The standard InChI is InChI=1S/C10H17FN4S/c1-7(4-5-16-3)15(2)9-8(11)6-13-10(12)14-9/h6-7H,4-5H2,1-3H3,(H2,12,13,14). The van der Waals surface area contributed by atoms with E-state index in [0.717, 1.165) is 18.4 Å². The lowest BCUT2D eigenvalue weighted by Gasteiger charge is -2.25. The predicted molar refractivity (Wildman–Crippen MR) is 67.3 cm³/mol. The number of thioether (sulfide) groups is 1. The van der Waals surface area contributed by atoms with Gasteiger partial charge in [-0.2, -0.15) is 16.7 Å². The van der Waals surface area contributed by atoms with E-state index in [1.54, 1.807) is 16.7 Å². The maximum atomic E-state index is 13.5. The monoisotopic (exact) mass is 244 g/mol. The summed E-state index contributed by atoms with van der Waals surface area (Å²) in [6.45, 7) is 2.04. The quantitative estimate of drug-likeness (QED) is 0.855. The first-order chi connectivity index (χ1) is 7.56. The van der Waals surface area contributed by atoms with Crippen LogP contribution < -0.4 is 10.6 Å². The number of rotatable bonds is 5. The van der Waals surface area contributed by atoms with E-state index in [-0.39, 0.29) is 17.8 Å². The molecule has 1 rings (SSSR count). The maximum absolute atomic E-state index is 13.5. The van der Waals surface area contributed by atoms with Crippen LogP contribution in [-0.2, 0) is 0 Å². The van der Waals surface area contributed by atoms with Gasteiger partial charge in [-0.1, -0.05) is 0 Å². The highest BCUT2D eigenvalue weighted by atomic mass is 32.2. The second kappa shape index (κ2) is 5.89. The number of anilines is 2. The third-order valence-electron chi connectivity index (χ3n) is 2.48. The van der Waals surface area contributed by atoms with Gasteiger partial charge >= 0.3 is 0 Å². The molecule has 0 fully saturated rings. The normalized spacial score (nSPS) is 12.5. The fourth-order valence-corrected chi connectivity index (χ4v) is 1.89. The van der Waals surface area contributed by atoms with E-state index in [0.29, 0.717) is 0 Å². The van der Waals surface area contributed by atoms with Crippen molar-refractivity contribution in [2.24, 2.45) is 0 Å². The molecule has 0 saturated carbocycles. The highest BCUT2D eigenvalue weighted by molar-refractivity contribution is 7.98. The summed E-state index contributed by atoms with van der Waals surface area (Å²) in [6.07, 6.45) is 4.13. The number of nitrogens with two attached hydrogens (primary N) is 1. The van der Waals surface area contributed by atoms with Crippen LogP contribution in [-0.4, -0.2) is 35.1 Å². The van der Waals surface area contributed by atoms with Crippen molar-refractivity contribution in [2.75, 3.05) is 29.7 Å². The van der Waals surface area contributed by atoms with Gasteiger partial charge in [0.25, 0.3) is 0 Å². The summed E-state index contributed by atoms with van der Waals surface area (Å²) in [5.74, 6) is 0.961. The van der Waals surface area contributed by atoms with Crippen molar-refractivity contribution < 1.29 is 4.39 Å². The average molecular weight is 244 g/mol. The van der Waals surface area contributed by atoms with Crippen LogP contribution in [0.5, 0.6) is 0 Å². The van der Waals surface area contributed by atoms with Gasteiger partial charge in [-0.15, -0.1) is 0 Å². The van der Waals surface area contributed by atoms with Gasteiger partial charge in [0.15, 0.2) is 11.6 Å². The molecular formula is C10H17FN4S. The minimum atomic E-state index is -0.437. The van der Waals surface area contributed by atoms with Gasteiger partial charge in [0, 0.05) is 13.1 Å². The summed E-state index contributed by atoms with van der Waals surface area (Å²) in [5.41, 5.74) is 5.45. The third-order valence-corrected chi connectivity index (χ3v) is 3.12. The molecule has 0 radical (unpaired) electrons. The number of aromatic nitrogens is 2. The summed E-state index contributed by atoms with van der Waals surface area (Å²) in [7, 11) is 1.82. The molecule has 0 aliphatic heterocycles. The van der Waals surface area contributed by atoms with Gasteiger partial charge in [0.05, 0.1) is 6.20 Å². The zero-order valence-electron chi connectivity index (χ0n) is 9.77. The number of nitrogen functional groups attached to an aromatic ring is 1. The summed E-state index contributed by atoms with van der Waals surface area (Å²) in [6, 6.07) is 0.219. The van der Waals surface area contributed by atoms with E-state index < -0.39 is 5.82 Å². The lowest BCUT2D eigenvalue weighted by atomic mass is 10.2. The van der Waals surface area contributed by atoms with Crippen molar-refractivity contribution >= 4 is 23.5 Å². The van der Waals surface area contributed by atoms with Crippen molar-refractivity contribution in [1.82, 2.24) is 9.97 Å². The number of halogens is 1. The molecule has 2 N–H and O–H groups in total. The Balaban J connectivity index is 2.78. The van der Waals surface area contributed by atoms with Gasteiger partial charge in [-0.3, -0.25) is 0 Å². The Labute approximate surface area is 99.4 Å². The second-order valence-electron chi connectivity index (χ2n) is 3.64. The molecule has 0 aliphatic carbocycles. The minimum absolute atomic E-state index is 0.0975. The molecule has 1 atom stereocenters. The average Bonchev–Trinajstić information content (AvgIpc) is 2.28. The summed E-state index contributed by atoms with van der Waals surface area (Å²) < 4.78 is 13.5. The second-order valence-corrected chi connectivity index (χ2v) is 4.63. The number of hydrogen-bond acceptors (Lipinski definition) is 5. The van der Waals surface area contributed by atoms with Gasteiger partial charge in [-0.05, 0) is 25.4 Å². The topological polar surface area (TPSA) is 55.0 Å². The van der Waals surface area contributed by atoms with Crippen LogP contribution >= 0.6 is 11.8 Å². The number of hydrogen-bond donors (Lipinski definition) is 1. The van der Waals surface area contributed by atoms with Crippen LogP contribution in [0.3, 0.4) is 0 Å². The molecule has 1 aromatic heterocycles. The molecule has 90 valence electrons. The van der Waals surface area contributed by atoms with Crippen LogP contribution in [0.2, 0.25) is 0 Å². The molecule has 6 heteroatoms. The van der Waals surface area contributed by atoms with Gasteiger partial charge < -0.3 is 10.6 Å². The van der Waals surface area contributed by atoms with Crippen LogP contribution in [0.1, 0.15) is 13.3 Å². The zero-order valence-corrected chi connectivity index (χ0v) is 10.6. The SMILES string of the molecule is CSCCC(C)N(C)c1nc(N)ncc1F. The van der Waals surface area contributed by atoms with E-state index >= 15 is 0 Å². The van der Waals surface area contributed by atoms with Crippen molar-refractivity contribution in [2.45, 2.75) is 19.4 Å². The largest absolute Gasteiger partial charge is 0.368 e. The fourth-order valence-electron chi connectivity index (χ4n) is 1.31. The summed E-state index contributed by atoms with van der Waals surface area (Å²) in [4.78, 5) is 9.31. The van der Waals surface area contributed by atoms with E-state index in [2.05, 4.69) is 16.2 Å². The van der Waals surface area contributed by atoms with E-state index in [1.165, 1.54) is 0 Å². The zero-order chi connectivity index (χ0) is 12.1. The molecule has 0 amide bonds. The first kappa shape index (κ1) is 13.0. The van der Waals surface area contributed by atoms with E-state index in [9.17, 15) is 4.39 Å². The molecule has 1 unspecified atom stereocenters. The Morgan fingerprint density at radius 3 is 2.94 bits per heavy atom. The molecule has 16 heavy (non-hydrogen) atoms. The molecule has 0 aliphatic rings. The summed E-state index contributed by atoms with van der Waals surface area (Å²) >= 11 is 1.77. The van der Waals surface area contributed by atoms with Crippen LogP contribution in [0, 0.1) is 5.82 Å². The Morgan fingerprint density at radius 1 is 1.62 bits per heavy atom. The molecular weight excluding hydrogens is 227 g/mol. The van der Waals surface area contributed by atoms with Gasteiger partial charge in [0.2, 0.25) is 5.95 Å². The molecule has 1 aromatic rings. The van der Waals surface area contributed by atoms with Gasteiger partial charge in [-0.25, -0.2) is 9.37 Å². The molecule has 0 bridgehead atoms. The molecule has 0 saturated heterocycles. The third kappa shape index (κ3) is 3.23. The Kier molecular flexibility index (Phi) is 4.79. The Hall–Kier alpha value is -1.04. The van der Waals surface area contributed by atoms with E-state index in [1.807, 2.05) is 14.0 Å². The van der Waals surface area contributed by atoms with E-state index in [4.69, 9.17) is 5.73 Å². The fraction of sp³-hybridized carbons (Fsp3) is 0.600. The predicted octanol–water partition coefficient (Wildman–Crippen LogP) is 1.78. The first-order valence-electron chi connectivity index (χ1n) is 5.06. The minimum Gasteiger partial charge on any atom is -0.368 e.